The number of nitrogens with zero attached hydrogens (tertiary/aromatic N) is 3. The number of rotatable bonds is 4. The summed E-state index contributed by atoms with van der Waals surface area (Å²) >= 11 is 0. The van der Waals surface area contributed by atoms with Crippen LogP contribution in [0.2, 0.25) is 0 Å². The smallest absolute Gasteiger partial charge is 0.261 e. The summed E-state index contributed by atoms with van der Waals surface area (Å²) in [7, 11) is 0. The molecule has 0 spiro atoms. The van der Waals surface area contributed by atoms with E-state index in [9.17, 15) is 14.4 Å². The minimum Gasteiger partial charge on any atom is -0.336 e. The van der Waals surface area contributed by atoms with Gasteiger partial charge in [-0.3, -0.25) is 24.2 Å². The Morgan fingerprint density at radius 3 is 2.22 bits per heavy atom. The molecule has 1 aliphatic carbocycles. The van der Waals surface area contributed by atoms with Crippen LogP contribution in [0.15, 0.2) is 48.5 Å². The van der Waals surface area contributed by atoms with Gasteiger partial charge in [-0.1, -0.05) is 49.6 Å². The normalized spacial score (nSPS) is 20.0. The molecular weight excluding hydrogens is 402 g/mol. The van der Waals surface area contributed by atoms with Crippen LogP contribution in [-0.2, 0) is 6.54 Å². The fourth-order valence-electron chi connectivity index (χ4n) is 5.20. The molecule has 0 aromatic heterocycles. The van der Waals surface area contributed by atoms with Crippen molar-refractivity contribution in [3.05, 3.63) is 70.8 Å². The average Bonchev–Trinajstić information content (AvgIpc) is 3.09. The molecule has 0 atom stereocenters. The van der Waals surface area contributed by atoms with Gasteiger partial charge in [-0.2, -0.15) is 0 Å². The molecule has 0 bridgehead atoms. The first-order valence-electron chi connectivity index (χ1n) is 11.7. The van der Waals surface area contributed by atoms with Gasteiger partial charge in [0.1, 0.15) is 0 Å². The van der Waals surface area contributed by atoms with Crippen LogP contribution < -0.4 is 0 Å². The van der Waals surface area contributed by atoms with Crippen molar-refractivity contribution in [1.29, 1.82) is 0 Å². The molecule has 2 fully saturated rings. The van der Waals surface area contributed by atoms with Crippen molar-refractivity contribution >= 4 is 17.7 Å². The van der Waals surface area contributed by atoms with Crippen LogP contribution >= 0.6 is 0 Å². The molecule has 2 aromatic carbocycles. The van der Waals surface area contributed by atoms with E-state index in [1.54, 1.807) is 18.2 Å². The van der Waals surface area contributed by atoms with Gasteiger partial charge in [0.25, 0.3) is 17.7 Å². The molecule has 3 aliphatic rings. The number of fused-ring (bicyclic) bond motifs is 1. The summed E-state index contributed by atoms with van der Waals surface area (Å²) in [6.45, 7) is 3.83. The predicted molar refractivity (Wildman–Crippen MR) is 121 cm³/mol. The second-order valence-corrected chi connectivity index (χ2v) is 9.09. The molecule has 5 rings (SSSR count). The fourth-order valence-corrected chi connectivity index (χ4v) is 5.20. The molecule has 6 nitrogen and oxygen atoms in total. The Kier molecular flexibility index (Phi) is 5.79. The Balaban J connectivity index is 1.25. The Morgan fingerprint density at radius 1 is 0.812 bits per heavy atom. The second kappa shape index (κ2) is 8.87. The van der Waals surface area contributed by atoms with Crippen LogP contribution in [0, 0.1) is 0 Å². The van der Waals surface area contributed by atoms with E-state index in [0.29, 0.717) is 29.8 Å². The number of benzene rings is 2. The highest BCUT2D eigenvalue weighted by Crippen LogP contribution is 2.31. The maximum absolute atomic E-state index is 13.1. The third-order valence-corrected chi connectivity index (χ3v) is 7.01. The minimum absolute atomic E-state index is 0.00649. The van der Waals surface area contributed by atoms with E-state index in [2.05, 4.69) is 17.0 Å². The summed E-state index contributed by atoms with van der Waals surface area (Å²) < 4.78 is 0. The number of carbonyl (C=O) groups excluding carboxylic acids is 3. The lowest BCUT2D eigenvalue weighted by Gasteiger charge is -2.34. The quantitative estimate of drug-likeness (QED) is 0.695. The molecule has 2 heterocycles. The average molecular weight is 432 g/mol. The molecule has 3 amide bonds. The van der Waals surface area contributed by atoms with E-state index in [1.807, 2.05) is 23.1 Å². The lowest BCUT2D eigenvalue weighted by Crippen LogP contribution is -2.48. The minimum atomic E-state index is -0.237. The molecule has 2 aromatic rings. The first-order valence-corrected chi connectivity index (χ1v) is 11.7. The zero-order valence-corrected chi connectivity index (χ0v) is 18.3. The molecular formula is C26H29N3O3. The summed E-state index contributed by atoms with van der Waals surface area (Å²) in [4.78, 5) is 44.7. The molecule has 6 heteroatoms. The molecule has 166 valence electrons. The first kappa shape index (κ1) is 20.9. The first-order chi connectivity index (χ1) is 15.6. The highest BCUT2D eigenvalue weighted by Gasteiger charge is 2.40. The summed E-state index contributed by atoms with van der Waals surface area (Å²) in [6.07, 6.45) is 5.03. The van der Waals surface area contributed by atoms with Crippen LogP contribution in [0.5, 0.6) is 0 Å². The highest BCUT2D eigenvalue weighted by molar-refractivity contribution is 6.22. The number of amides is 3. The topological polar surface area (TPSA) is 60.9 Å². The highest BCUT2D eigenvalue weighted by atomic mass is 16.2. The molecule has 0 unspecified atom stereocenters. The zero-order valence-electron chi connectivity index (χ0n) is 18.3. The monoisotopic (exact) mass is 431 g/mol. The maximum atomic E-state index is 13.1. The van der Waals surface area contributed by atoms with Crippen molar-refractivity contribution in [2.45, 2.75) is 44.7 Å². The fraction of sp³-hybridized carbons (Fsp3) is 0.423. The van der Waals surface area contributed by atoms with Crippen molar-refractivity contribution in [1.82, 2.24) is 14.7 Å². The number of hydrogen-bond acceptors (Lipinski definition) is 4. The van der Waals surface area contributed by atoms with Crippen LogP contribution in [0.3, 0.4) is 0 Å². The van der Waals surface area contributed by atoms with Gasteiger partial charge >= 0.3 is 0 Å². The largest absolute Gasteiger partial charge is 0.336 e. The van der Waals surface area contributed by atoms with Crippen molar-refractivity contribution in [3.8, 4) is 0 Å². The van der Waals surface area contributed by atoms with Crippen LogP contribution in [0.4, 0.5) is 0 Å². The molecule has 1 saturated carbocycles. The Labute approximate surface area is 188 Å². The molecule has 0 radical (unpaired) electrons. The molecule has 32 heavy (non-hydrogen) atoms. The van der Waals surface area contributed by atoms with Crippen molar-refractivity contribution < 1.29 is 14.4 Å². The molecule has 1 saturated heterocycles. The van der Waals surface area contributed by atoms with Crippen molar-refractivity contribution in [2.24, 2.45) is 0 Å². The van der Waals surface area contributed by atoms with Gasteiger partial charge in [0, 0.05) is 44.3 Å². The Hall–Kier alpha value is -2.99. The van der Waals surface area contributed by atoms with Crippen LogP contribution in [-0.4, -0.2) is 64.6 Å². The summed E-state index contributed by atoms with van der Waals surface area (Å²) in [5.41, 5.74) is 2.59. The van der Waals surface area contributed by atoms with Gasteiger partial charge in [-0.15, -0.1) is 0 Å². The van der Waals surface area contributed by atoms with Crippen LogP contribution in [0.1, 0.15) is 68.7 Å². The van der Waals surface area contributed by atoms with Gasteiger partial charge in [0.15, 0.2) is 0 Å². The standard InChI is InChI=1S/C26H29N3O3/c30-24(28-15-13-27(14-16-28)18-19-7-3-1-4-8-19)20-11-12-22-23(17-20)26(32)29(25(22)31)21-9-5-2-6-10-21/h1,3-4,7-8,11-12,17,21H,2,5-6,9-10,13-16,18H2. The lowest BCUT2D eigenvalue weighted by molar-refractivity contribution is 0.0548. The van der Waals surface area contributed by atoms with Crippen molar-refractivity contribution in [3.63, 3.8) is 0 Å². The molecule has 0 N–H and O–H groups in total. The number of imide groups is 1. The van der Waals surface area contributed by atoms with E-state index in [4.69, 9.17) is 0 Å². The summed E-state index contributed by atoms with van der Waals surface area (Å²) in [6, 6.07) is 15.3. The van der Waals surface area contributed by atoms with Crippen LogP contribution in [0.25, 0.3) is 0 Å². The van der Waals surface area contributed by atoms with Gasteiger partial charge in [0.05, 0.1) is 11.1 Å². The van der Waals surface area contributed by atoms with E-state index in [0.717, 1.165) is 51.7 Å². The lowest BCUT2D eigenvalue weighted by atomic mass is 9.94. The Bertz CT molecular complexity index is 1020. The maximum Gasteiger partial charge on any atom is 0.261 e. The molecule has 2 aliphatic heterocycles. The van der Waals surface area contributed by atoms with Gasteiger partial charge in [0.2, 0.25) is 0 Å². The van der Waals surface area contributed by atoms with Gasteiger partial charge in [-0.05, 0) is 36.6 Å². The van der Waals surface area contributed by atoms with E-state index in [-0.39, 0.29) is 23.8 Å². The van der Waals surface area contributed by atoms with E-state index in [1.165, 1.54) is 10.5 Å². The van der Waals surface area contributed by atoms with E-state index >= 15 is 0 Å². The zero-order chi connectivity index (χ0) is 22.1. The second-order valence-electron chi connectivity index (χ2n) is 9.09. The van der Waals surface area contributed by atoms with Crippen molar-refractivity contribution in [2.75, 3.05) is 26.2 Å². The van der Waals surface area contributed by atoms with Gasteiger partial charge < -0.3 is 4.90 Å². The summed E-state index contributed by atoms with van der Waals surface area (Å²) in [5.74, 6) is -0.506. The van der Waals surface area contributed by atoms with Gasteiger partial charge in [-0.25, -0.2) is 0 Å². The SMILES string of the molecule is O=C(c1ccc2c(c1)C(=O)N(C1CCCCC1)C2=O)N1CCN(Cc2ccccc2)CC1. The van der Waals surface area contributed by atoms with E-state index < -0.39 is 0 Å². The Morgan fingerprint density at radius 2 is 1.50 bits per heavy atom. The summed E-state index contributed by atoms with van der Waals surface area (Å²) in [5, 5.41) is 0. The third-order valence-electron chi connectivity index (χ3n) is 7.01. The third kappa shape index (κ3) is 3.95. The number of hydrogen-bond donors (Lipinski definition) is 0. The predicted octanol–water partition coefficient (Wildman–Crippen LogP) is 3.57. The number of piperazine rings is 1. The number of carbonyl (C=O) groups is 3.